The van der Waals surface area contributed by atoms with Gasteiger partial charge >= 0.3 is 5.97 Å². The summed E-state index contributed by atoms with van der Waals surface area (Å²) in [4.78, 5) is 11.5. The van der Waals surface area contributed by atoms with Crippen LogP contribution in [-0.4, -0.2) is 33.2 Å². The van der Waals surface area contributed by atoms with Gasteiger partial charge < -0.3 is 9.84 Å². The molecule has 0 atom stereocenters. The number of methoxy groups -OCH3 is 1. The molecule has 6 heteroatoms. The third-order valence-electron chi connectivity index (χ3n) is 3.46. The van der Waals surface area contributed by atoms with Gasteiger partial charge in [-0.3, -0.25) is 0 Å². The largest absolute Gasteiger partial charge is 0.497 e. The summed E-state index contributed by atoms with van der Waals surface area (Å²) in [5, 5.41) is 17.3. The molecular weight excluding hydrogens is 294 g/mol. The van der Waals surface area contributed by atoms with Crippen molar-refractivity contribution in [2.75, 3.05) is 7.11 Å². The first-order chi connectivity index (χ1) is 11.1. The lowest BCUT2D eigenvalue weighted by atomic mass is 10.1. The van der Waals surface area contributed by atoms with E-state index in [-0.39, 0.29) is 5.69 Å². The highest BCUT2D eigenvalue weighted by atomic mass is 16.5. The Labute approximate surface area is 133 Å². The van der Waals surface area contributed by atoms with Crippen LogP contribution in [0.2, 0.25) is 0 Å². The maximum atomic E-state index is 11.5. The maximum absolute atomic E-state index is 11.5. The molecule has 0 radical (unpaired) electrons. The molecule has 1 N–H and O–H groups in total. The fourth-order valence-corrected chi connectivity index (χ4v) is 2.40. The van der Waals surface area contributed by atoms with Gasteiger partial charge in [0, 0.05) is 5.56 Å². The fraction of sp³-hybridized carbons (Fsp3) is 0.118. The molecule has 23 heavy (non-hydrogen) atoms. The van der Waals surface area contributed by atoms with Crippen molar-refractivity contribution in [2.45, 2.75) is 6.92 Å². The second-order valence-corrected chi connectivity index (χ2v) is 5.07. The molecule has 0 aliphatic carbocycles. The van der Waals surface area contributed by atoms with E-state index in [1.165, 1.54) is 4.68 Å². The van der Waals surface area contributed by atoms with Crippen LogP contribution in [0.25, 0.3) is 16.9 Å². The van der Waals surface area contributed by atoms with Crippen LogP contribution in [-0.2, 0) is 0 Å². The minimum atomic E-state index is -1.12. The molecule has 0 aliphatic rings. The first-order valence-electron chi connectivity index (χ1n) is 7.00. The second-order valence-electron chi connectivity index (χ2n) is 5.07. The van der Waals surface area contributed by atoms with Crippen molar-refractivity contribution in [2.24, 2.45) is 0 Å². The molecular formula is C17H15N3O3. The third kappa shape index (κ3) is 2.78. The number of nitrogens with zero attached hydrogens (tertiary/aromatic N) is 3. The number of ether oxygens (including phenoxy) is 1. The molecule has 0 unspecified atom stereocenters. The van der Waals surface area contributed by atoms with Crippen LogP contribution >= 0.6 is 0 Å². The Hall–Kier alpha value is -3.15. The van der Waals surface area contributed by atoms with Gasteiger partial charge in [-0.2, -0.15) is 0 Å². The molecule has 3 rings (SSSR count). The standard InChI is InChI=1S/C17H15N3O3/c1-11-5-3-7-13(9-11)20-16(15(17(21)22)18-19-20)12-6-4-8-14(10-12)23-2/h3-10H,1-2H3,(H,21,22). The summed E-state index contributed by atoms with van der Waals surface area (Å²) in [6.07, 6.45) is 0. The first-order valence-corrected chi connectivity index (χ1v) is 7.00. The highest BCUT2D eigenvalue weighted by molar-refractivity contribution is 5.93. The highest BCUT2D eigenvalue weighted by Gasteiger charge is 2.21. The van der Waals surface area contributed by atoms with E-state index in [2.05, 4.69) is 10.3 Å². The molecule has 0 amide bonds. The van der Waals surface area contributed by atoms with Crippen LogP contribution in [0.3, 0.4) is 0 Å². The van der Waals surface area contributed by atoms with Crippen molar-refractivity contribution >= 4 is 5.97 Å². The van der Waals surface area contributed by atoms with E-state index in [0.29, 0.717) is 17.0 Å². The van der Waals surface area contributed by atoms with E-state index < -0.39 is 5.97 Å². The zero-order chi connectivity index (χ0) is 16.4. The molecule has 0 saturated carbocycles. The van der Waals surface area contributed by atoms with Crippen molar-refractivity contribution in [3.63, 3.8) is 0 Å². The van der Waals surface area contributed by atoms with Crippen molar-refractivity contribution in [1.29, 1.82) is 0 Å². The Kier molecular flexibility index (Phi) is 3.80. The molecule has 116 valence electrons. The SMILES string of the molecule is COc1cccc(-c2c(C(=O)O)nnn2-c2cccc(C)c2)c1. The summed E-state index contributed by atoms with van der Waals surface area (Å²) < 4.78 is 6.75. The number of aromatic nitrogens is 3. The van der Waals surface area contributed by atoms with Crippen molar-refractivity contribution in [3.8, 4) is 22.7 Å². The summed E-state index contributed by atoms with van der Waals surface area (Å²) >= 11 is 0. The second kappa shape index (κ2) is 5.92. The Morgan fingerprint density at radius 1 is 1.17 bits per heavy atom. The normalized spacial score (nSPS) is 10.5. The first kappa shape index (κ1) is 14.8. The van der Waals surface area contributed by atoms with Crippen LogP contribution < -0.4 is 4.74 Å². The van der Waals surface area contributed by atoms with Crippen LogP contribution in [0, 0.1) is 6.92 Å². The average Bonchev–Trinajstić information content (AvgIpc) is 3.00. The minimum Gasteiger partial charge on any atom is -0.497 e. The van der Waals surface area contributed by atoms with Gasteiger partial charge in [-0.1, -0.05) is 29.5 Å². The number of carbonyl (C=O) groups is 1. The van der Waals surface area contributed by atoms with Crippen LogP contribution in [0.4, 0.5) is 0 Å². The van der Waals surface area contributed by atoms with E-state index in [4.69, 9.17) is 4.74 Å². The number of hydrogen-bond donors (Lipinski definition) is 1. The average molecular weight is 309 g/mol. The monoisotopic (exact) mass is 309 g/mol. The molecule has 0 spiro atoms. The number of carboxylic acids is 1. The molecule has 0 saturated heterocycles. The van der Waals surface area contributed by atoms with Gasteiger partial charge in [-0.15, -0.1) is 5.10 Å². The summed E-state index contributed by atoms with van der Waals surface area (Å²) in [5.41, 5.74) is 2.80. The fourth-order valence-electron chi connectivity index (χ4n) is 2.40. The summed E-state index contributed by atoms with van der Waals surface area (Å²) in [6.45, 7) is 1.96. The maximum Gasteiger partial charge on any atom is 0.358 e. The molecule has 1 aromatic heterocycles. The molecule has 6 nitrogen and oxygen atoms in total. The van der Waals surface area contributed by atoms with Gasteiger partial charge in [0.05, 0.1) is 12.8 Å². The van der Waals surface area contributed by atoms with Gasteiger partial charge in [0.1, 0.15) is 11.4 Å². The predicted molar refractivity (Wildman–Crippen MR) is 85.0 cm³/mol. The smallest absolute Gasteiger partial charge is 0.358 e. The number of rotatable bonds is 4. The Morgan fingerprint density at radius 2 is 1.96 bits per heavy atom. The van der Waals surface area contributed by atoms with Crippen molar-refractivity contribution in [1.82, 2.24) is 15.0 Å². The van der Waals surface area contributed by atoms with Gasteiger partial charge in [-0.25, -0.2) is 9.48 Å². The van der Waals surface area contributed by atoms with Crippen molar-refractivity contribution in [3.05, 3.63) is 59.8 Å². The lowest BCUT2D eigenvalue weighted by Gasteiger charge is -2.09. The van der Waals surface area contributed by atoms with E-state index in [9.17, 15) is 9.90 Å². The zero-order valence-corrected chi connectivity index (χ0v) is 12.7. The highest BCUT2D eigenvalue weighted by Crippen LogP contribution is 2.28. The number of carboxylic acid groups (broad SMARTS) is 1. The lowest BCUT2D eigenvalue weighted by molar-refractivity contribution is 0.0691. The van der Waals surface area contributed by atoms with E-state index in [1.54, 1.807) is 31.4 Å². The summed E-state index contributed by atoms with van der Waals surface area (Å²) in [5.74, 6) is -0.488. The quantitative estimate of drug-likeness (QED) is 0.801. The van der Waals surface area contributed by atoms with Gasteiger partial charge in [0.25, 0.3) is 0 Å². The molecule has 0 aliphatic heterocycles. The summed E-state index contributed by atoms with van der Waals surface area (Å²) in [6, 6.07) is 14.8. The molecule has 2 aromatic carbocycles. The lowest BCUT2D eigenvalue weighted by Crippen LogP contribution is -2.03. The number of aryl methyl sites for hydroxylation is 1. The van der Waals surface area contributed by atoms with Crippen LogP contribution in [0.1, 0.15) is 16.1 Å². The zero-order valence-electron chi connectivity index (χ0n) is 12.7. The number of benzene rings is 2. The minimum absolute atomic E-state index is 0.0974. The Morgan fingerprint density at radius 3 is 2.65 bits per heavy atom. The van der Waals surface area contributed by atoms with Gasteiger partial charge in [0.2, 0.25) is 0 Å². The molecule has 3 aromatic rings. The molecule has 0 fully saturated rings. The number of hydrogen-bond acceptors (Lipinski definition) is 4. The van der Waals surface area contributed by atoms with Gasteiger partial charge in [-0.05, 0) is 36.8 Å². The summed E-state index contributed by atoms with van der Waals surface area (Å²) in [7, 11) is 1.56. The van der Waals surface area contributed by atoms with E-state index in [0.717, 1.165) is 11.3 Å². The topological polar surface area (TPSA) is 77.2 Å². The van der Waals surface area contributed by atoms with Crippen LogP contribution in [0.5, 0.6) is 5.75 Å². The van der Waals surface area contributed by atoms with Crippen LogP contribution in [0.15, 0.2) is 48.5 Å². The predicted octanol–water partition coefficient (Wildman–Crippen LogP) is 2.95. The number of aromatic carboxylic acids is 1. The van der Waals surface area contributed by atoms with Crippen molar-refractivity contribution < 1.29 is 14.6 Å². The van der Waals surface area contributed by atoms with E-state index >= 15 is 0 Å². The molecule has 1 heterocycles. The Bertz CT molecular complexity index is 871. The Balaban J connectivity index is 2.24. The molecule has 0 bridgehead atoms. The van der Waals surface area contributed by atoms with Gasteiger partial charge in [0.15, 0.2) is 5.69 Å². The van der Waals surface area contributed by atoms with E-state index in [1.807, 2.05) is 31.2 Å². The third-order valence-corrected chi connectivity index (χ3v) is 3.46.